The van der Waals surface area contributed by atoms with Crippen LogP contribution in [-0.4, -0.2) is 32.4 Å². The SMILES string of the molecule is Cc1ncc(Cl)cc1-c1cn(CCCCCCN(O)C(N)=O)c2ccccc12. The predicted molar refractivity (Wildman–Crippen MR) is 111 cm³/mol. The van der Waals surface area contributed by atoms with E-state index in [0.717, 1.165) is 49.0 Å². The topological polar surface area (TPSA) is 84.4 Å². The number of urea groups is 1. The second kappa shape index (κ2) is 9.08. The summed E-state index contributed by atoms with van der Waals surface area (Å²) in [7, 11) is 0. The van der Waals surface area contributed by atoms with Gasteiger partial charge in [-0.2, -0.15) is 0 Å². The number of aryl methyl sites for hydroxylation is 2. The standard InChI is InChI=1S/C21H25ClN4O2/c1-15-18(12-16(22)13-24-15)19-14-25(20-9-5-4-8-17(19)20)10-6-2-3-7-11-26(28)21(23)27/h4-5,8-9,12-14,28H,2-3,6-7,10-11H2,1H3,(H2,23,27). The van der Waals surface area contributed by atoms with Crippen LogP contribution in [-0.2, 0) is 6.54 Å². The van der Waals surface area contributed by atoms with Crippen LogP contribution in [0, 0.1) is 6.92 Å². The number of nitrogens with zero attached hydrogens (tertiary/aromatic N) is 3. The molecule has 0 fully saturated rings. The molecule has 0 atom stereocenters. The molecular formula is C21H25ClN4O2. The normalized spacial score (nSPS) is 11.1. The van der Waals surface area contributed by atoms with Crippen LogP contribution in [0.5, 0.6) is 0 Å². The van der Waals surface area contributed by atoms with Crippen molar-refractivity contribution < 1.29 is 10.0 Å². The lowest BCUT2D eigenvalue weighted by atomic mass is 10.0. The van der Waals surface area contributed by atoms with Gasteiger partial charge in [-0.15, -0.1) is 0 Å². The van der Waals surface area contributed by atoms with E-state index in [4.69, 9.17) is 17.3 Å². The first-order valence-electron chi connectivity index (χ1n) is 9.43. The zero-order chi connectivity index (χ0) is 20.1. The van der Waals surface area contributed by atoms with Crippen LogP contribution >= 0.6 is 11.6 Å². The molecule has 148 valence electrons. The van der Waals surface area contributed by atoms with Crippen LogP contribution in [0.3, 0.4) is 0 Å². The van der Waals surface area contributed by atoms with Crippen LogP contribution in [0.1, 0.15) is 31.4 Å². The summed E-state index contributed by atoms with van der Waals surface area (Å²) in [5.74, 6) is 0. The smallest absolute Gasteiger partial charge is 0.338 e. The molecule has 0 aliphatic carbocycles. The van der Waals surface area contributed by atoms with Gasteiger partial charge in [-0.1, -0.05) is 42.6 Å². The van der Waals surface area contributed by atoms with Crippen molar-refractivity contribution in [2.75, 3.05) is 6.54 Å². The summed E-state index contributed by atoms with van der Waals surface area (Å²) in [4.78, 5) is 15.2. The molecule has 7 heteroatoms. The zero-order valence-electron chi connectivity index (χ0n) is 15.9. The second-order valence-corrected chi connectivity index (χ2v) is 7.35. The molecular weight excluding hydrogens is 376 g/mol. The minimum Gasteiger partial charge on any atom is -0.350 e. The Morgan fingerprint density at radius 1 is 1.21 bits per heavy atom. The van der Waals surface area contributed by atoms with E-state index in [0.29, 0.717) is 10.1 Å². The van der Waals surface area contributed by atoms with Gasteiger partial charge in [0.15, 0.2) is 0 Å². The average Bonchev–Trinajstić information content (AvgIpc) is 3.05. The first-order chi connectivity index (χ1) is 13.5. The van der Waals surface area contributed by atoms with Gasteiger partial charge in [-0.25, -0.2) is 9.86 Å². The van der Waals surface area contributed by atoms with E-state index in [-0.39, 0.29) is 6.54 Å². The number of pyridine rings is 1. The first kappa shape index (κ1) is 20.2. The maximum absolute atomic E-state index is 10.8. The lowest BCUT2D eigenvalue weighted by Gasteiger charge is -2.11. The molecule has 2 heterocycles. The van der Waals surface area contributed by atoms with Gasteiger partial charge < -0.3 is 10.3 Å². The van der Waals surface area contributed by atoms with E-state index in [9.17, 15) is 10.0 Å². The number of carbonyl (C=O) groups is 1. The minimum atomic E-state index is -0.808. The monoisotopic (exact) mass is 400 g/mol. The van der Waals surface area contributed by atoms with Crippen LogP contribution < -0.4 is 5.73 Å². The van der Waals surface area contributed by atoms with E-state index in [1.54, 1.807) is 6.20 Å². The molecule has 28 heavy (non-hydrogen) atoms. The number of hydrogen-bond acceptors (Lipinski definition) is 3. The number of nitrogens with two attached hydrogens (primary N) is 1. The number of halogens is 1. The Morgan fingerprint density at radius 3 is 2.75 bits per heavy atom. The number of benzene rings is 1. The predicted octanol–water partition coefficient (Wildman–Crippen LogP) is 5.00. The third-order valence-corrected chi connectivity index (χ3v) is 5.11. The van der Waals surface area contributed by atoms with Crippen molar-refractivity contribution in [2.45, 2.75) is 39.2 Å². The Hall–Kier alpha value is -2.57. The molecule has 3 N–H and O–H groups in total. The van der Waals surface area contributed by atoms with E-state index in [1.165, 1.54) is 10.9 Å². The summed E-state index contributed by atoms with van der Waals surface area (Å²) in [6, 6.07) is 9.50. The third kappa shape index (κ3) is 4.64. The van der Waals surface area contributed by atoms with Gasteiger partial charge in [-0.05, 0) is 31.9 Å². The maximum Gasteiger partial charge on any atom is 0.338 e. The number of fused-ring (bicyclic) bond motifs is 1. The Bertz CT molecular complexity index is 970. The van der Waals surface area contributed by atoms with Crippen molar-refractivity contribution in [1.82, 2.24) is 14.6 Å². The molecule has 0 aliphatic heterocycles. The van der Waals surface area contributed by atoms with Gasteiger partial charge in [0.2, 0.25) is 0 Å². The number of primary amides is 1. The molecule has 0 unspecified atom stereocenters. The Balaban J connectivity index is 1.69. The van der Waals surface area contributed by atoms with Crippen LogP contribution in [0.15, 0.2) is 42.7 Å². The Kier molecular flexibility index (Phi) is 6.54. The number of unbranched alkanes of at least 4 members (excludes halogenated alkanes) is 3. The molecule has 0 saturated carbocycles. The van der Waals surface area contributed by atoms with Crippen LogP contribution in [0.25, 0.3) is 22.0 Å². The van der Waals surface area contributed by atoms with Gasteiger partial charge in [0.05, 0.1) is 11.6 Å². The molecule has 1 aromatic carbocycles. The van der Waals surface area contributed by atoms with Gasteiger partial charge >= 0.3 is 6.03 Å². The van der Waals surface area contributed by atoms with Crippen molar-refractivity contribution >= 4 is 28.5 Å². The fourth-order valence-corrected chi connectivity index (χ4v) is 3.59. The highest BCUT2D eigenvalue weighted by Crippen LogP contribution is 2.33. The molecule has 6 nitrogen and oxygen atoms in total. The van der Waals surface area contributed by atoms with Crippen LogP contribution in [0.2, 0.25) is 5.02 Å². The number of hydrogen-bond donors (Lipinski definition) is 2. The van der Waals surface area contributed by atoms with Gasteiger partial charge in [0.25, 0.3) is 0 Å². The number of aromatic nitrogens is 2. The lowest BCUT2D eigenvalue weighted by Crippen LogP contribution is -2.33. The summed E-state index contributed by atoms with van der Waals surface area (Å²) in [6.07, 6.45) is 7.51. The molecule has 2 amide bonds. The quantitative estimate of drug-likeness (QED) is 0.317. The van der Waals surface area contributed by atoms with Crippen molar-refractivity contribution in [1.29, 1.82) is 0 Å². The highest BCUT2D eigenvalue weighted by molar-refractivity contribution is 6.30. The van der Waals surface area contributed by atoms with Crippen LogP contribution in [0.4, 0.5) is 4.79 Å². The number of carbonyl (C=O) groups excluding carboxylic acids is 1. The molecule has 0 bridgehead atoms. The van der Waals surface area contributed by atoms with E-state index in [2.05, 4.69) is 27.9 Å². The van der Waals surface area contributed by atoms with Crippen molar-refractivity contribution in [3.05, 3.63) is 53.4 Å². The zero-order valence-corrected chi connectivity index (χ0v) is 16.7. The molecule has 2 aromatic heterocycles. The summed E-state index contributed by atoms with van der Waals surface area (Å²) < 4.78 is 2.27. The highest BCUT2D eigenvalue weighted by atomic mass is 35.5. The summed E-state index contributed by atoms with van der Waals surface area (Å²) in [5, 5.41) is 11.7. The summed E-state index contributed by atoms with van der Waals surface area (Å²) in [5.41, 5.74) is 9.33. The van der Waals surface area contributed by atoms with Crippen molar-refractivity contribution in [2.24, 2.45) is 5.73 Å². The summed E-state index contributed by atoms with van der Waals surface area (Å²) >= 11 is 6.18. The molecule has 0 spiro atoms. The van der Waals surface area contributed by atoms with Crippen molar-refractivity contribution in [3.8, 4) is 11.1 Å². The lowest BCUT2D eigenvalue weighted by molar-refractivity contribution is -0.0403. The number of para-hydroxylation sites is 1. The van der Waals surface area contributed by atoms with Crippen molar-refractivity contribution in [3.63, 3.8) is 0 Å². The van der Waals surface area contributed by atoms with E-state index >= 15 is 0 Å². The Labute approximate surface area is 169 Å². The average molecular weight is 401 g/mol. The fourth-order valence-electron chi connectivity index (χ4n) is 3.43. The highest BCUT2D eigenvalue weighted by Gasteiger charge is 2.13. The second-order valence-electron chi connectivity index (χ2n) is 6.92. The van der Waals surface area contributed by atoms with E-state index < -0.39 is 6.03 Å². The minimum absolute atomic E-state index is 0.271. The molecule has 3 aromatic rings. The third-order valence-electron chi connectivity index (χ3n) is 4.91. The van der Waals surface area contributed by atoms with Gasteiger partial charge in [0, 0.05) is 46.7 Å². The molecule has 0 saturated heterocycles. The van der Waals surface area contributed by atoms with Gasteiger partial charge in [-0.3, -0.25) is 10.2 Å². The number of hydroxylamine groups is 2. The first-order valence-corrected chi connectivity index (χ1v) is 9.81. The van der Waals surface area contributed by atoms with Gasteiger partial charge in [0.1, 0.15) is 0 Å². The Morgan fingerprint density at radius 2 is 1.96 bits per heavy atom. The molecule has 0 aliphatic rings. The summed E-state index contributed by atoms with van der Waals surface area (Å²) in [6.45, 7) is 3.16. The number of amides is 2. The molecule has 0 radical (unpaired) electrons. The molecule has 3 rings (SSSR count). The largest absolute Gasteiger partial charge is 0.350 e. The van der Waals surface area contributed by atoms with E-state index in [1.807, 2.05) is 25.1 Å². The fraction of sp³-hybridized carbons (Fsp3) is 0.333. The maximum atomic E-state index is 10.8. The number of rotatable bonds is 8.